The average molecular weight is 438 g/mol. The molecule has 0 aliphatic carbocycles. The molecule has 2 aromatic heterocycles. The molecule has 0 saturated carbocycles. The topological polar surface area (TPSA) is 94.3 Å². The van der Waals surface area contributed by atoms with Crippen LogP contribution in [0.1, 0.15) is 53.1 Å². The van der Waals surface area contributed by atoms with Crippen molar-refractivity contribution in [2.75, 3.05) is 4.72 Å². The predicted octanol–water partition coefficient (Wildman–Crippen LogP) is 3.96. The van der Waals surface area contributed by atoms with Gasteiger partial charge < -0.3 is 9.26 Å². The SMILES string of the molecule is Cc1cc2c(cc1C#Cc1ncccc1S(=O)(=O)Nc1noc(C)c1C)C(C)(C)OC2. The van der Waals surface area contributed by atoms with Crippen LogP contribution in [0.25, 0.3) is 0 Å². The number of hydrogen-bond acceptors (Lipinski definition) is 6. The minimum atomic E-state index is -3.95. The number of sulfonamides is 1. The van der Waals surface area contributed by atoms with Crippen molar-refractivity contribution in [1.29, 1.82) is 0 Å². The molecule has 0 radical (unpaired) electrons. The van der Waals surface area contributed by atoms with Crippen LogP contribution in [-0.2, 0) is 27.0 Å². The summed E-state index contributed by atoms with van der Waals surface area (Å²) < 4.78 is 39.3. The van der Waals surface area contributed by atoms with Gasteiger partial charge in [0.1, 0.15) is 16.3 Å². The van der Waals surface area contributed by atoms with Crippen molar-refractivity contribution >= 4 is 15.8 Å². The summed E-state index contributed by atoms with van der Waals surface area (Å²) in [4.78, 5) is 4.18. The van der Waals surface area contributed by atoms with E-state index in [0.717, 1.165) is 22.3 Å². The molecule has 0 unspecified atom stereocenters. The molecule has 0 bridgehead atoms. The van der Waals surface area contributed by atoms with Crippen molar-refractivity contribution in [3.05, 3.63) is 69.7 Å². The Morgan fingerprint density at radius 2 is 1.94 bits per heavy atom. The molecule has 1 aliphatic heterocycles. The van der Waals surface area contributed by atoms with Crippen LogP contribution in [0.3, 0.4) is 0 Å². The van der Waals surface area contributed by atoms with Crippen LogP contribution < -0.4 is 4.72 Å². The lowest BCUT2D eigenvalue weighted by Gasteiger charge is -2.18. The Morgan fingerprint density at radius 1 is 1.16 bits per heavy atom. The summed E-state index contributed by atoms with van der Waals surface area (Å²) in [5.74, 6) is 6.72. The molecule has 3 heterocycles. The second kappa shape index (κ2) is 7.52. The number of benzene rings is 1. The van der Waals surface area contributed by atoms with Gasteiger partial charge >= 0.3 is 0 Å². The molecule has 0 amide bonds. The molecule has 1 N–H and O–H groups in total. The third-order valence-corrected chi connectivity index (χ3v) is 6.82. The van der Waals surface area contributed by atoms with E-state index in [0.29, 0.717) is 17.9 Å². The van der Waals surface area contributed by atoms with Gasteiger partial charge in [-0.2, -0.15) is 0 Å². The molecule has 1 aromatic carbocycles. The first-order valence-electron chi connectivity index (χ1n) is 9.79. The van der Waals surface area contributed by atoms with E-state index in [-0.39, 0.29) is 22.0 Å². The van der Waals surface area contributed by atoms with Gasteiger partial charge in [-0.25, -0.2) is 13.4 Å². The van der Waals surface area contributed by atoms with Crippen LogP contribution in [0.5, 0.6) is 0 Å². The number of nitrogens with zero attached hydrogens (tertiary/aromatic N) is 2. The summed E-state index contributed by atoms with van der Waals surface area (Å²) in [6.45, 7) is 10.0. The molecule has 160 valence electrons. The van der Waals surface area contributed by atoms with Crippen molar-refractivity contribution in [3.63, 3.8) is 0 Å². The van der Waals surface area contributed by atoms with Crippen LogP contribution >= 0.6 is 0 Å². The molecule has 31 heavy (non-hydrogen) atoms. The van der Waals surface area contributed by atoms with Crippen LogP contribution in [0, 0.1) is 32.6 Å². The zero-order valence-electron chi connectivity index (χ0n) is 18.0. The first-order valence-corrected chi connectivity index (χ1v) is 11.3. The summed E-state index contributed by atoms with van der Waals surface area (Å²) in [5.41, 5.74) is 4.45. The second-order valence-electron chi connectivity index (χ2n) is 8.04. The van der Waals surface area contributed by atoms with Gasteiger partial charge in [0.15, 0.2) is 5.82 Å². The number of rotatable bonds is 3. The number of hydrogen-bond donors (Lipinski definition) is 1. The monoisotopic (exact) mass is 437 g/mol. The minimum Gasteiger partial charge on any atom is -0.366 e. The summed E-state index contributed by atoms with van der Waals surface area (Å²) >= 11 is 0. The van der Waals surface area contributed by atoms with Gasteiger partial charge in [0.05, 0.1) is 12.2 Å². The maximum atomic E-state index is 13.0. The van der Waals surface area contributed by atoms with Crippen LogP contribution in [-0.4, -0.2) is 18.6 Å². The van der Waals surface area contributed by atoms with Crippen LogP contribution in [0.15, 0.2) is 39.9 Å². The van der Waals surface area contributed by atoms with Gasteiger partial charge in [-0.3, -0.25) is 4.72 Å². The molecule has 1 aliphatic rings. The average Bonchev–Trinajstić information content (AvgIpc) is 3.18. The molecule has 0 atom stereocenters. The number of pyridine rings is 1. The highest BCUT2D eigenvalue weighted by molar-refractivity contribution is 7.92. The Hall–Kier alpha value is -3.15. The highest BCUT2D eigenvalue weighted by Crippen LogP contribution is 2.37. The van der Waals surface area contributed by atoms with E-state index in [2.05, 4.69) is 32.8 Å². The largest absolute Gasteiger partial charge is 0.366 e. The Bertz CT molecular complexity index is 1340. The van der Waals surface area contributed by atoms with Crippen LogP contribution in [0.2, 0.25) is 0 Å². The van der Waals surface area contributed by atoms with E-state index in [9.17, 15) is 8.42 Å². The number of fused-ring (bicyclic) bond motifs is 1. The van der Waals surface area contributed by atoms with Crippen molar-refractivity contribution in [3.8, 4) is 11.8 Å². The number of aryl methyl sites for hydroxylation is 2. The fraction of sp³-hybridized carbons (Fsp3) is 0.304. The van der Waals surface area contributed by atoms with E-state index in [1.54, 1.807) is 19.9 Å². The number of ether oxygens (including phenoxy) is 1. The smallest absolute Gasteiger partial charge is 0.265 e. The molecular formula is C23H23N3O4S. The lowest BCUT2D eigenvalue weighted by molar-refractivity contribution is -0.00790. The lowest BCUT2D eigenvalue weighted by Crippen LogP contribution is -2.16. The van der Waals surface area contributed by atoms with Crippen molar-refractivity contribution in [2.45, 2.75) is 51.7 Å². The van der Waals surface area contributed by atoms with E-state index in [1.807, 2.05) is 26.8 Å². The van der Waals surface area contributed by atoms with Gasteiger partial charge in [-0.15, -0.1) is 0 Å². The Morgan fingerprint density at radius 3 is 2.65 bits per heavy atom. The molecule has 0 spiro atoms. The zero-order valence-corrected chi connectivity index (χ0v) is 18.8. The number of aromatic nitrogens is 2. The normalized spacial score (nSPS) is 14.6. The Kier molecular flexibility index (Phi) is 5.12. The molecule has 0 saturated heterocycles. The van der Waals surface area contributed by atoms with E-state index in [4.69, 9.17) is 9.26 Å². The quantitative estimate of drug-likeness (QED) is 0.624. The molecule has 7 nitrogen and oxygen atoms in total. The standard InChI is InChI=1S/C23H23N3O4S/c1-14-11-18-13-29-23(4,5)19(18)12-17(14)8-9-20-21(7-6-10-24-20)31(27,28)26-22-15(2)16(3)30-25-22/h6-7,10-12H,13H2,1-5H3,(H,25,26). The number of nitrogens with one attached hydrogen (secondary N) is 1. The molecule has 0 fully saturated rings. The van der Waals surface area contributed by atoms with Gasteiger partial charge in [0, 0.05) is 17.3 Å². The van der Waals surface area contributed by atoms with Crippen molar-refractivity contribution in [1.82, 2.24) is 10.1 Å². The predicted molar refractivity (Wildman–Crippen MR) is 116 cm³/mol. The van der Waals surface area contributed by atoms with Gasteiger partial charge in [-0.1, -0.05) is 17.1 Å². The first kappa shape index (κ1) is 21.1. The van der Waals surface area contributed by atoms with Gasteiger partial charge in [0.2, 0.25) is 0 Å². The van der Waals surface area contributed by atoms with Gasteiger partial charge in [0.25, 0.3) is 10.0 Å². The molecular weight excluding hydrogens is 414 g/mol. The minimum absolute atomic E-state index is 0.0231. The highest BCUT2D eigenvalue weighted by Gasteiger charge is 2.31. The maximum absolute atomic E-state index is 13.0. The molecule has 8 heteroatoms. The van der Waals surface area contributed by atoms with E-state index in [1.165, 1.54) is 12.3 Å². The lowest BCUT2D eigenvalue weighted by atomic mass is 9.92. The summed E-state index contributed by atoms with van der Waals surface area (Å²) in [6, 6.07) is 7.11. The summed E-state index contributed by atoms with van der Waals surface area (Å²) in [7, 11) is -3.95. The maximum Gasteiger partial charge on any atom is 0.265 e. The second-order valence-corrected chi connectivity index (χ2v) is 9.69. The highest BCUT2D eigenvalue weighted by atomic mass is 32.2. The van der Waals surface area contributed by atoms with Crippen molar-refractivity contribution in [2.24, 2.45) is 0 Å². The first-order chi connectivity index (χ1) is 14.6. The van der Waals surface area contributed by atoms with Crippen LogP contribution in [0.4, 0.5) is 5.82 Å². The summed E-state index contributed by atoms with van der Waals surface area (Å²) in [6.07, 6.45) is 1.51. The molecule has 4 rings (SSSR count). The fourth-order valence-corrected chi connectivity index (χ4v) is 4.61. The third-order valence-electron chi connectivity index (χ3n) is 5.45. The van der Waals surface area contributed by atoms with E-state index < -0.39 is 10.0 Å². The summed E-state index contributed by atoms with van der Waals surface area (Å²) in [5, 5.41) is 3.77. The zero-order chi connectivity index (χ0) is 22.4. The van der Waals surface area contributed by atoms with E-state index >= 15 is 0 Å². The van der Waals surface area contributed by atoms with Crippen molar-refractivity contribution < 1.29 is 17.7 Å². The Labute approximate surface area is 181 Å². The Balaban J connectivity index is 1.72. The molecule has 3 aromatic rings. The third kappa shape index (κ3) is 3.94. The van der Waals surface area contributed by atoms with Gasteiger partial charge in [-0.05, 0) is 75.4 Å². The fourth-order valence-electron chi connectivity index (χ4n) is 3.44. The number of anilines is 1.